The number of anilines is 1. The van der Waals surface area contributed by atoms with Crippen LogP contribution in [0.5, 0.6) is 5.75 Å². The molecule has 3 N–H and O–H groups in total. The molecular weight excluding hydrogens is 444 g/mol. The van der Waals surface area contributed by atoms with Crippen molar-refractivity contribution in [3.05, 3.63) is 58.5 Å². The maximum Gasteiger partial charge on any atom is 0.261 e. The van der Waals surface area contributed by atoms with Crippen LogP contribution in [-0.2, 0) is 13.0 Å². The third kappa shape index (κ3) is 4.23. The van der Waals surface area contributed by atoms with Crippen LogP contribution in [0, 0.1) is 0 Å². The van der Waals surface area contributed by atoms with Crippen LogP contribution in [0.3, 0.4) is 0 Å². The van der Waals surface area contributed by atoms with Crippen molar-refractivity contribution in [1.82, 2.24) is 34.7 Å². The Bertz CT molecular complexity index is 1490. The second-order valence-electron chi connectivity index (χ2n) is 8.04. The minimum Gasteiger partial charge on any atom is -0.496 e. The number of imidazole rings is 1. The minimum absolute atomic E-state index is 0. The minimum atomic E-state index is -0.270. The molecule has 0 unspecified atom stereocenters. The zero-order valence-corrected chi connectivity index (χ0v) is 19.5. The summed E-state index contributed by atoms with van der Waals surface area (Å²) in [5.41, 5.74) is 4.58. The number of pyridine rings is 1. The molecule has 0 spiro atoms. The molecule has 1 atom stereocenters. The van der Waals surface area contributed by atoms with Crippen LogP contribution < -0.4 is 15.6 Å². The van der Waals surface area contributed by atoms with Crippen molar-refractivity contribution in [1.29, 1.82) is 0 Å². The van der Waals surface area contributed by atoms with Gasteiger partial charge in [0.15, 0.2) is 0 Å². The molecule has 0 fully saturated rings. The second kappa shape index (κ2) is 9.57. The average Bonchev–Trinajstić information content (AvgIpc) is 3.46. The van der Waals surface area contributed by atoms with E-state index in [0.29, 0.717) is 46.0 Å². The number of benzene rings is 1. The summed E-state index contributed by atoms with van der Waals surface area (Å²) < 4.78 is 7.31. The van der Waals surface area contributed by atoms with Gasteiger partial charge in [-0.25, -0.2) is 15.0 Å². The SMILES string of the molecule is C.CCc1cc2[nH]c(-c3c(N[C@@H](C)c4ncccn4)c4nn(CC)cc4[nH]c3=O)nc2cc1OC. The molecule has 1 aromatic carbocycles. The first kappa shape index (κ1) is 23.9. The van der Waals surface area contributed by atoms with Gasteiger partial charge in [-0.1, -0.05) is 14.4 Å². The van der Waals surface area contributed by atoms with Gasteiger partial charge in [0, 0.05) is 31.2 Å². The van der Waals surface area contributed by atoms with Crippen LogP contribution in [0.2, 0.25) is 0 Å². The Morgan fingerprint density at radius 3 is 2.60 bits per heavy atom. The van der Waals surface area contributed by atoms with Crippen LogP contribution in [0.4, 0.5) is 5.69 Å². The fourth-order valence-electron chi connectivity index (χ4n) is 4.13. The van der Waals surface area contributed by atoms with E-state index in [1.54, 1.807) is 30.3 Å². The van der Waals surface area contributed by atoms with Gasteiger partial charge in [0.1, 0.15) is 28.5 Å². The number of ether oxygens (including phenoxy) is 1. The molecular formula is C25H30N8O2. The third-order valence-corrected chi connectivity index (χ3v) is 5.88. The van der Waals surface area contributed by atoms with E-state index in [0.717, 1.165) is 23.3 Å². The fourth-order valence-corrected chi connectivity index (χ4v) is 4.13. The van der Waals surface area contributed by atoms with E-state index in [1.807, 2.05) is 32.2 Å². The predicted molar refractivity (Wildman–Crippen MR) is 138 cm³/mol. The normalized spacial score (nSPS) is 12.0. The summed E-state index contributed by atoms with van der Waals surface area (Å²) in [5, 5.41) is 8.13. The molecule has 5 aromatic rings. The van der Waals surface area contributed by atoms with Crippen molar-refractivity contribution < 1.29 is 4.74 Å². The summed E-state index contributed by atoms with van der Waals surface area (Å²) in [6.07, 6.45) is 6.03. The van der Waals surface area contributed by atoms with Gasteiger partial charge in [-0.3, -0.25) is 9.48 Å². The van der Waals surface area contributed by atoms with Gasteiger partial charge in [0.25, 0.3) is 5.56 Å². The van der Waals surface area contributed by atoms with Crippen LogP contribution in [0.1, 0.15) is 45.6 Å². The molecule has 5 rings (SSSR count). The number of methoxy groups -OCH3 is 1. The van der Waals surface area contributed by atoms with E-state index in [-0.39, 0.29) is 19.0 Å². The molecule has 10 nitrogen and oxygen atoms in total. The zero-order chi connectivity index (χ0) is 23.8. The monoisotopic (exact) mass is 474 g/mol. The van der Waals surface area contributed by atoms with Crippen LogP contribution in [0.25, 0.3) is 33.5 Å². The Hall–Kier alpha value is -4.21. The standard InChI is InChI=1S/C24H26N8O2.CH4/c1-5-14-10-15-16(11-18(14)34-4)29-23(28-15)19-21(27-13(3)22-25-8-7-9-26-22)20-17(30-24(19)33)12-32(6-2)31-20;/h7-13,27H,5-6H2,1-4H3,(H,28,29)(H,30,33);1H4/t13-;/m0./s1. The van der Waals surface area contributed by atoms with Gasteiger partial charge in [0.05, 0.1) is 35.4 Å². The zero-order valence-electron chi connectivity index (χ0n) is 19.5. The van der Waals surface area contributed by atoms with E-state index >= 15 is 0 Å². The van der Waals surface area contributed by atoms with E-state index in [1.165, 1.54) is 0 Å². The first-order valence-electron chi connectivity index (χ1n) is 11.3. The number of aromatic nitrogens is 7. The molecule has 0 radical (unpaired) electrons. The summed E-state index contributed by atoms with van der Waals surface area (Å²) in [6, 6.07) is 5.40. The van der Waals surface area contributed by atoms with Crippen molar-refractivity contribution in [3.63, 3.8) is 0 Å². The molecule has 0 saturated carbocycles. The first-order chi connectivity index (χ1) is 16.5. The molecule has 10 heteroatoms. The quantitative estimate of drug-likeness (QED) is 0.318. The highest BCUT2D eigenvalue weighted by molar-refractivity contribution is 5.96. The lowest BCUT2D eigenvalue weighted by Gasteiger charge is -2.16. The number of aryl methyl sites for hydroxylation is 2. The molecule has 0 saturated heterocycles. The molecule has 0 aliphatic carbocycles. The summed E-state index contributed by atoms with van der Waals surface area (Å²) in [6.45, 7) is 6.68. The van der Waals surface area contributed by atoms with Crippen molar-refractivity contribution in [2.24, 2.45) is 0 Å². The number of nitrogens with zero attached hydrogens (tertiary/aromatic N) is 5. The first-order valence-corrected chi connectivity index (χ1v) is 11.3. The van der Waals surface area contributed by atoms with E-state index in [4.69, 9.17) is 14.8 Å². The lowest BCUT2D eigenvalue weighted by atomic mass is 10.1. The van der Waals surface area contributed by atoms with E-state index in [2.05, 4.69) is 32.2 Å². The van der Waals surface area contributed by atoms with Crippen molar-refractivity contribution in [2.45, 2.75) is 47.2 Å². The summed E-state index contributed by atoms with van der Waals surface area (Å²) in [4.78, 5) is 33.1. The molecule has 182 valence electrons. The topological polar surface area (TPSA) is 126 Å². The smallest absolute Gasteiger partial charge is 0.261 e. The number of aromatic amines is 2. The van der Waals surface area contributed by atoms with Crippen molar-refractivity contribution in [2.75, 3.05) is 12.4 Å². The van der Waals surface area contributed by atoms with Crippen LogP contribution in [0.15, 0.2) is 41.6 Å². The van der Waals surface area contributed by atoms with Crippen LogP contribution in [-0.4, -0.2) is 41.8 Å². The number of hydrogen-bond donors (Lipinski definition) is 3. The maximum absolute atomic E-state index is 13.3. The lowest BCUT2D eigenvalue weighted by molar-refractivity contribution is 0.411. The highest BCUT2D eigenvalue weighted by atomic mass is 16.5. The van der Waals surface area contributed by atoms with E-state index in [9.17, 15) is 4.79 Å². The largest absolute Gasteiger partial charge is 0.496 e. The van der Waals surface area contributed by atoms with Gasteiger partial charge in [-0.2, -0.15) is 5.10 Å². The number of H-pyrrole nitrogens is 2. The Morgan fingerprint density at radius 2 is 1.91 bits per heavy atom. The highest BCUT2D eigenvalue weighted by Crippen LogP contribution is 2.33. The Kier molecular flexibility index (Phi) is 6.54. The molecule has 0 bridgehead atoms. The Labute approximate surface area is 202 Å². The molecule has 4 aromatic heterocycles. The van der Waals surface area contributed by atoms with Crippen LogP contribution >= 0.6 is 0 Å². The summed E-state index contributed by atoms with van der Waals surface area (Å²) in [5.74, 6) is 1.83. The van der Waals surface area contributed by atoms with Gasteiger partial charge in [-0.15, -0.1) is 0 Å². The Morgan fingerprint density at radius 1 is 1.14 bits per heavy atom. The number of nitrogens with one attached hydrogen (secondary N) is 3. The lowest BCUT2D eigenvalue weighted by Crippen LogP contribution is -2.17. The van der Waals surface area contributed by atoms with Gasteiger partial charge in [-0.05, 0) is 38.0 Å². The summed E-state index contributed by atoms with van der Waals surface area (Å²) >= 11 is 0. The van der Waals surface area contributed by atoms with E-state index < -0.39 is 0 Å². The van der Waals surface area contributed by atoms with Crippen molar-refractivity contribution in [3.8, 4) is 17.1 Å². The van der Waals surface area contributed by atoms with Gasteiger partial charge >= 0.3 is 0 Å². The molecule has 0 aliphatic heterocycles. The van der Waals surface area contributed by atoms with Gasteiger partial charge in [0.2, 0.25) is 0 Å². The predicted octanol–water partition coefficient (Wildman–Crippen LogP) is 4.46. The molecule has 35 heavy (non-hydrogen) atoms. The average molecular weight is 475 g/mol. The second-order valence-corrected chi connectivity index (χ2v) is 8.04. The fraction of sp³-hybridized carbons (Fsp3) is 0.320. The number of hydrogen-bond acceptors (Lipinski definition) is 7. The number of rotatable bonds is 7. The molecule has 0 amide bonds. The highest BCUT2D eigenvalue weighted by Gasteiger charge is 2.23. The third-order valence-electron chi connectivity index (χ3n) is 5.88. The Balaban J connectivity index is 0.00000289. The molecule has 0 aliphatic rings. The molecule has 4 heterocycles. The summed E-state index contributed by atoms with van der Waals surface area (Å²) in [7, 11) is 1.64. The van der Waals surface area contributed by atoms with Gasteiger partial charge < -0.3 is 20.0 Å². The number of fused-ring (bicyclic) bond motifs is 2. The van der Waals surface area contributed by atoms with Crippen molar-refractivity contribution >= 4 is 27.8 Å². The maximum atomic E-state index is 13.3.